The molecule has 0 saturated heterocycles. The molecule has 22 heavy (non-hydrogen) atoms. The first-order valence-electron chi connectivity index (χ1n) is 7.02. The van der Waals surface area contributed by atoms with E-state index in [1.165, 1.54) is 0 Å². The Hall–Kier alpha value is -1.91. The van der Waals surface area contributed by atoms with Gasteiger partial charge in [0.1, 0.15) is 0 Å². The summed E-state index contributed by atoms with van der Waals surface area (Å²) in [6.07, 6.45) is 1.07. The summed E-state index contributed by atoms with van der Waals surface area (Å²) in [6.45, 7) is 1.93. The van der Waals surface area contributed by atoms with Crippen LogP contribution in [-0.4, -0.2) is 10.9 Å². The summed E-state index contributed by atoms with van der Waals surface area (Å²) < 4.78 is 1.16. The number of benzene rings is 2. The van der Waals surface area contributed by atoms with E-state index in [4.69, 9.17) is 11.6 Å². The largest absolute Gasteiger partial charge is 0.326 e. The molecular weight excluding hydrogens is 316 g/mol. The highest BCUT2D eigenvalue weighted by Crippen LogP contribution is 2.23. The van der Waals surface area contributed by atoms with Crippen molar-refractivity contribution in [3.8, 4) is 0 Å². The molecule has 0 atom stereocenters. The standard InChI is InChI=1S/C17H15ClN2OS/c1-11-10-12(18)6-7-13(11)19-16(21)8-9-17-20-14-4-2-3-5-15(14)22-17/h2-7,10H,8-9H2,1H3,(H,19,21). The molecule has 0 fully saturated rings. The molecule has 1 N–H and O–H groups in total. The van der Waals surface area contributed by atoms with Gasteiger partial charge in [-0.1, -0.05) is 23.7 Å². The third-order valence-corrected chi connectivity index (χ3v) is 4.70. The van der Waals surface area contributed by atoms with Gasteiger partial charge in [0.2, 0.25) is 5.91 Å². The molecule has 0 aliphatic heterocycles. The van der Waals surface area contributed by atoms with E-state index in [0.29, 0.717) is 17.9 Å². The van der Waals surface area contributed by atoms with Crippen LogP contribution in [0.3, 0.4) is 0 Å². The molecule has 1 aromatic heterocycles. The molecule has 112 valence electrons. The predicted molar refractivity (Wildman–Crippen MR) is 92.8 cm³/mol. The van der Waals surface area contributed by atoms with Crippen LogP contribution in [-0.2, 0) is 11.2 Å². The number of hydrogen-bond donors (Lipinski definition) is 1. The maximum absolute atomic E-state index is 12.1. The molecule has 3 rings (SSSR count). The second-order valence-electron chi connectivity index (χ2n) is 5.08. The van der Waals surface area contributed by atoms with Gasteiger partial charge in [-0.2, -0.15) is 0 Å². The van der Waals surface area contributed by atoms with Crippen molar-refractivity contribution < 1.29 is 4.79 Å². The van der Waals surface area contributed by atoms with E-state index in [1.807, 2.05) is 43.3 Å². The number of aromatic nitrogens is 1. The summed E-state index contributed by atoms with van der Waals surface area (Å²) in [5.74, 6) is -0.00956. The number of thiazole rings is 1. The maximum Gasteiger partial charge on any atom is 0.224 e. The van der Waals surface area contributed by atoms with Gasteiger partial charge in [-0.05, 0) is 42.8 Å². The van der Waals surface area contributed by atoms with Crippen LogP contribution in [0.4, 0.5) is 5.69 Å². The number of para-hydroxylation sites is 1. The van der Waals surface area contributed by atoms with Crippen molar-refractivity contribution in [2.45, 2.75) is 19.8 Å². The Kier molecular flexibility index (Phi) is 4.41. The lowest BCUT2D eigenvalue weighted by Gasteiger charge is -2.08. The van der Waals surface area contributed by atoms with Crippen LogP contribution in [0.5, 0.6) is 0 Å². The summed E-state index contributed by atoms with van der Waals surface area (Å²) in [4.78, 5) is 16.6. The summed E-state index contributed by atoms with van der Waals surface area (Å²) >= 11 is 7.56. The predicted octanol–water partition coefficient (Wildman–Crippen LogP) is 4.83. The van der Waals surface area contributed by atoms with E-state index in [2.05, 4.69) is 10.3 Å². The quantitative estimate of drug-likeness (QED) is 0.744. The van der Waals surface area contributed by atoms with Crippen molar-refractivity contribution in [1.29, 1.82) is 0 Å². The molecular formula is C17H15ClN2OS. The van der Waals surface area contributed by atoms with Gasteiger partial charge in [0.15, 0.2) is 0 Å². The molecule has 0 aliphatic rings. The number of hydrogen-bond acceptors (Lipinski definition) is 3. The van der Waals surface area contributed by atoms with Crippen molar-refractivity contribution in [3.05, 3.63) is 58.1 Å². The van der Waals surface area contributed by atoms with Crippen LogP contribution in [0.1, 0.15) is 17.0 Å². The van der Waals surface area contributed by atoms with E-state index < -0.39 is 0 Å². The lowest BCUT2D eigenvalue weighted by molar-refractivity contribution is -0.116. The molecule has 0 saturated carbocycles. The second-order valence-corrected chi connectivity index (χ2v) is 6.63. The van der Waals surface area contributed by atoms with Gasteiger partial charge in [0.05, 0.1) is 15.2 Å². The van der Waals surface area contributed by atoms with Crippen LogP contribution in [0.25, 0.3) is 10.2 Å². The van der Waals surface area contributed by atoms with Crippen LogP contribution in [0.2, 0.25) is 5.02 Å². The van der Waals surface area contributed by atoms with Gasteiger partial charge in [-0.3, -0.25) is 4.79 Å². The summed E-state index contributed by atoms with van der Waals surface area (Å²) in [5, 5.41) is 4.58. The van der Waals surface area contributed by atoms with Gasteiger partial charge in [-0.25, -0.2) is 4.98 Å². The zero-order chi connectivity index (χ0) is 15.5. The minimum atomic E-state index is -0.00956. The van der Waals surface area contributed by atoms with Crippen molar-refractivity contribution in [1.82, 2.24) is 4.98 Å². The Morgan fingerprint density at radius 3 is 2.86 bits per heavy atom. The summed E-state index contributed by atoms with van der Waals surface area (Å²) in [7, 11) is 0. The molecule has 0 unspecified atom stereocenters. The number of fused-ring (bicyclic) bond motifs is 1. The Labute approximate surface area is 138 Å². The molecule has 2 aromatic carbocycles. The van der Waals surface area contributed by atoms with E-state index >= 15 is 0 Å². The summed E-state index contributed by atoms with van der Waals surface area (Å²) in [5.41, 5.74) is 2.76. The number of rotatable bonds is 4. The number of amides is 1. The molecule has 1 heterocycles. The number of halogens is 1. The fraction of sp³-hybridized carbons (Fsp3) is 0.176. The monoisotopic (exact) mass is 330 g/mol. The third kappa shape index (κ3) is 3.46. The first kappa shape index (κ1) is 15.0. The third-order valence-electron chi connectivity index (χ3n) is 3.37. The van der Waals surface area contributed by atoms with Crippen molar-refractivity contribution in [3.63, 3.8) is 0 Å². The number of anilines is 1. The van der Waals surface area contributed by atoms with E-state index in [1.54, 1.807) is 17.4 Å². The van der Waals surface area contributed by atoms with E-state index in [-0.39, 0.29) is 5.91 Å². The van der Waals surface area contributed by atoms with Crippen LogP contribution in [0.15, 0.2) is 42.5 Å². The van der Waals surface area contributed by atoms with Gasteiger partial charge in [0, 0.05) is 23.6 Å². The number of aryl methyl sites for hydroxylation is 2. The molecule has 3 nitrogen and oxygen atoms in total. The van der Waals surface area contributed by atoms with E-state index in [0.717, 1.165) is 26.5 Å². The Bertz CT molecular complexity index is 795. The number of nitrogens with zero attached hydrogens (tertiary/aromatic N) is 1. The van der Waals surface area contributed by atoms with Crippen molar-refractivity contribution >= 4 is 44.7 Å². The molecule has 0 aliphatic carbocycles. The highest BCUT2D eigenvalue weighted by molar-refractivity contribution is 7.18. The molecule has 3 aromatic rings. The minimum Gasteiger partial charge on any atom is -0.326 e. The molecule has 0 radical (unpaired) electrons. The van der Waals surface area contributed by atoms with Crippen molar-refractivity contribution in [2.75, 3.05) is 5.32 Å². The Morgan fingerprint density at radius 1 is 1.27 bits per heavy atom. The highest BCUT2D eigenvalue weighted by Gasteiger charge is 2.08. The maximum atomic E-state index is 12.1. The normalized spacial score (nSPS) is 10.8. The number of carbonyl (C=O) groups is 1. The topological polar surface area (TPSA) is 42.0 Å². The molecule has 5 heteroatoms. The molecule has 1 amide bonds. The zero-order valence-corrected chi connectivity index (χ0v) is 13.7. The Balaban J connectivity index is 1.62. The van der Waals surface area contributed by atoms with E-state index in [9.17, 15) is 4.79 Å². The average Bonchev–Trinajstić information content (AvgIpc) is 2.91. The van der Waals surface area contributed by atoms with Gasteiger partial charge >= 0.3 is 0 Å². The van der Waals surface area contributed by atoms with Gasteiger partial charge < -0.3 is 5.32 Å². The molecule has 0 bridgehead atoms. The lowest BCUT2D eigenvalue weighted by Crippen LogP contribution is -2.13. The summed E-state index contributed by atoms with van der Waals surface area (Å²) in [6, 6.07) is 13.5. The number of nitrogens with one attached hydrogen (secondary N) is 1. The fourth-order valence-electron chi connectivity index (χ4n) is 2.23. The second kappa shape index (κ2) is 6.46. The fourth-order valence-corrected chi connectivity index (χ4v) is 3.42. The number of carbonyl (C=O) groups excluding carboxylic acids is 1. The van der Waals surface area contributed by atoms with Crippen LogP contribution >= 0.6 is 22.9 Å². The SMILES string of the molecule is Cc1cc(Cl)ccc1NC(=O)CCc1nc2ccccc2s1. The zero-order valence-electron chi connectivity index (χ0n) is 12.1. The van der Waals surface area contributed by atoms with Crippen LogP contribution < -0.4 is 5.32 Å². The first-order valence-corrected chi connectivity index (χ1v) is 8.22. The smallest absolute Gasteiger partial charge is 0.224 e. The molecule has 0 spiro atoms. The van der Waals surface area contributed by atoms with Gasteiger partial charge in [0.25, 0.3) is 0 Å². The van der Waals surface area contributed by atoms with Crippen molar-refractivity contribution in [2.24, 2.45) is 0 Å². The Morgan fingerprint density at radius 2 is 2.09 bits per heavy atom. The first-order chi connectivity index (χ1) is 10.6. The van der Waals surface area contributed by atoms with Crippen LogP contribution in [0, 0.1) is 6.92 Å². The minimum absolute atomic E-state index is 0.00956. The highest BCUT2D eigenvalue weighted by atomic mass is 35.5. The van der Waals surface area contributed by atoms with Gasteiger partial charge in [-0.15, -0.1) is 11.3 Å². The average molecular weight is 331 g/mol. The lowest BCUT2D eigenvalue weighted by atomic mass is 10.2.